The lowest BCUT2D eigenvalue weighted by atomic mass is 9.70. The van der Waals surface area contributed by atoms with E-state index in [0.29, 0.717) is 12.3 Å². The molecule has 74 valence electrons. The fraction of sp³-hybridized carbons (Fsp3) is 1.00. The Bertz CT molecular complexity index is 339. The third-order valence-corrected chi connectivity index (χ3v) is 4.96. The molecule has 3 nitrogen and oxygen atoms in total. The molecule has 4 aliphatic rings. The van der Waals surface area contributed by atoms with Crippen molar-refractivity contribution >= 4 is 10.2 Å². The predicted molar refractivity (Wildman–Crippen MR) is 43.3 cm³/mol. The van der Waals surface area contributed by atoms with Crippen molar-refractivity contribution in [1.29, 1.82) is 0 Å². The van der Waals surface area contributed by atoms with Crippen molar-refractivity contribution in [1.82, 2.24) is 0 Å². The number of fused-ring (bicyclic) bond motifs is 2. The van der Waals surface area contributed by atoms with Crippen LogP contribution in [0.2, 0.25) is 0 Å². The van der Waals surface area contributed by atoms with Crippen LogP contribution >= 0.6 is 0 Å². The summed E-state index contributed by atoms with van der Waals surface area (Å²) < 4.78 is 39.8. The number of epoxide rings is 1. The maximum Gasteiger partial charge on any atom is 0.305 e. The first-order valence-electron chi connectivity index (χ1n) is 4.66. The lowest BCUT2D eigenvalue weighted by molar-refractivity contribution is 0.218. The Labute approximate surface area is 76.5 Å². The second-order valence-electron chi connectivity index (χ2n) is 4.32. The highest BCUT2D eigenvalue weighted by Crippen LogP contribution is 2.54. The fourth-order valence-corrected chi connectivity index (χ4v) is 4.23. The topological polar surface area (TPSA) is 46.7 Å². The van der Waals surface area contributed by atoms with Crippen LogP contribution in [0, 0.1) is 11.8 Å². The molecule has 1 saturated heterocycles. The molecule has 0 aromatic heterocycles. The molecule has 0 aromatic carbocycles. The number of rotatable bonds is 1. The highest BCUT2D eigenvalue weighted by atomic mass is 32.3. The van der Waals surface area contributed by atoms with E-state index < -0.39 is 15.5 Å². The summed E-state index contributed by atoms with van der Waals surface area (Å²) in [5, 5.41) is -0.769. The Morgan fingerprint density at radius 3 is 2.62 bits per heavy atom. The molecule has 1 aliphatic heterocycles. The van der Waals surface area contributed by atoms with E-state index in [4.69, 9.17) is 4.74 Å². The monoisotopic (exact) mass is 206 g/mol. The van der Waals surface area contributed by atoms with Crippen molar-refractivity contribution < 1.29 is 17.0 Å². The molecule has 3 saturated carbocycles. The molecule has 0 unspecified atom stereocenters. The van der Waals surface area contributed by atoms with E-state index in [2.05, 4.69) is 0 Å². The largest absolute Gasteiger partial charge is 0.369 e. The van der Waals surface area contributed by atoms with E-state index in [1.165, 1.54) is 0 Å². The maximum absolute atomic E-state index is 12.8. The predicted octanol–water partition coefficient (Wildman–Crippen LogP) is 0.852. The Morgan fingerprint density at radius 2 is 2.00 bits per heavy atom. The molecule has 4 fully saturated rings. The number of halogens is 1. The summed E-state index contributed by atoms with van der Waals surface area (Å²) in [6.45, 7) is 0. The Kier molecular flexibility index (Phi) is 1.42. The van der Waals surface area contributed by atoms with Crippen LogP contribution in [0.4, 0.5) is 3.89 Å². The lowest BCUT2D eigenvalue weighted by Crippen LogP contribution is -2.44. The van der Waals surface area contributed by atoms with Crippen LogP contribution < -0.4 is 0 Å². The molecule has 0 spiro atoms. The van der Waals surface area contributed by atoms with E-state index in [-0.39, 0.29) is 18.1 Å². The number of hydrogen-bond donors (Lipinski definition) is 0. The van der Waals surface area contributed by atoms with E-state index in [1.807, 2.05) is 0 Å². The second-order valence-corrected chi connectivity index (χ2v) is 5.87. The average Bonchev–Trinajstić information content (AvgIpc) is 2.82. The van der Waals surface area contributed by atoms with Crippen LogP contribution in [-0.4, -0.2) is 25.9 Å². The van der Waals surface area contributed by atoms with Crippen LogP contribution in [0.3, 0.4) is 0 Å². The van der Waals surface area contributed by atoms with E-state index >= 15 is 0 Å². The normalized spacial score (nSPS) is 53.2. The molecule has 3 aliphatic carbocycles. The zero-order valence-electron chi connectivity index (χ0n) is 7.02. The summed E-state index contributed by atoms with van der Waals surface area (Å²) >= 11 is 0. The van der Waals surface area contributed by atoms with Crippen molar-refractivity contribution in [2.24, 2.45) is 11.8 Å². The van der Waals surface area contributed by atoms with Gasteiger partial charge < -0.3 is 4.74 Å². The Balaban J connectivity index is 1.94. The van der Waals surface area contributed by atoms with Gasteiger partial charge in [-0.2, -0.15) is 8.42 Å². The highest BCUT2D eigenvalue weighted by molar-refractivity contribution is 7.87. The smallest absolute Gasteiger partial charge is 0.305 e. The zero-order chi connectivity index (χ0) is 9.22. The summed E-state index contributed by atoms with van der Waals surface area (Å²) in [6.07, 6.45) is 2.63. The third-order valence-electron chi connectivity index (χ3n) is 3.69. The van der Waals surface area contributed by atoms with Crippen LogP contribution in [0.5, 0.6) is 0 Å². The first-order chi connectivity index (χ1) is 6.07. The molecule has 1 heterocycles. The molecule has 5 atom stereocenters. The van der Waals surface area contributed by atoms with Gasteiger partial charge in [0, 0.05) is 5.92 Å². The van der Waals surface area contributed by atoms with Crippen LogP contribution in [-0.2, 0) is 15.0 Å². The molecule has 0 aromatic rings. The fourth-order valence-electron chi connectivity index (χ4n) is 3.04. The van der Waals surface area contributed by atoms with Crippen molar-refractivity contribution in [2.45, 2.75) is 36.7 Å². The first kappa shape index (κ1) is 8.17. The minimum absolute atomic E-state index is 0.0584. The molecular formula is C8H11FO3S. The van der Waals surface area contributed by atoms with Gasteiger partial charge in [0.15, 0.2) is 0 Å². The molecule has 5 heteroatoms. The molecule has 0 radical (unpaired) electrons. The van der Waals surface area contributed by atoms with Gasteiger partial charge in [-0.05, 0) is 25.2 Å². The lowest BCUT2D eigenvalue weighted by Gasteiger charge is -2.36. The van der Waals surface area contributed by atoms with Gasteiger partial charge in [0.2, 0.25) is 0 Å². The van der Waals surface area contributed by atoms with Gasteiger partial charge in [0.1, 0.15) is 0 Å². The molecule has 0 amide bonds. The van der Waals surface area contributed by atoms with Crippen molar-refractivity contribution in [3.63, 3.8) is 0 Å². The summed E-state index contributed by atoms with van der Waals surface area (Å²) in [6, 6.07) is 0. The van der Waals surface area contributed by atoms with Crippen molar-refractivity contribution in [2.75, 3.05) is 0 Å². The van der Waals surface area contributed by atoms with Crippen molar-refractivity contribution in [3.05, 3.63) is 0 Å². The molecule has 2 bridgehead atoms. The molecule has 0 N–H and O–H groups in total. The van der Waals surface area contributed by atoms with Gasteiger partial charge >= 0.3 is 10.2 Å². The quantitative estimate of drug-likeness (QED) is 0.472. The number of hydrogen-bond acceptors (Lipinski definition) is 3. The van der Waals surface area contributed by atoms with Gasteiger partial charge in [0.05, 0.1) is 17.5 Å². The van der Waals surface area contributed by atoms with Crippen LogP contribution in [0.1, 0.15) is 19.3 Å². The average molecular weight is 206 g/mol. The molecular weight excluding hydrogens is 195 g/mol. The first-order valence-corrected chi connectivity index (χ1v) is 6.11. The maximum atomic E-state index is 12.8. The third kappa shape index (κ3) is 1.06. The number of ether oxygens (including phenoxy) is 1. The Hall–Kier alpha value is -0.160. The highest BCUT2D eigenvalue weighted by Gasteiger charge is 2.62. The second kappa shape index (κ2) is 2.25. The minimum atomic E-state index is -4.34. The van der Waals surface area contributed by atoms with Gasteiger partial charge in [-0.25, -0.2) is 0 Å². The van der Waals surface area contributed by atoms with E-state index in [1.54, 1.807) is 0 Å². The molecule has 13 heavy (non-hydrogen) atoms. The van der Waals surface area contributed by atoms with E-state index in [0.717, 1.165) is 12.8 Å². The minimum Gasteiger partial charge on any atom is -0.369 e. The molecule has 4 rings (SSSR count). The van der Waals surface area contributed by atoms with Crippen LogP contribution in [0.15, 0.2) is 0 Å². The van der Waals surface area contributed by atoms with Gasteiger partial charge in [0.25, 0.3) is 0 Å². The van der Waals surface area contributed by atoms with E-state index in [9.17, 15) is 12.3 Å². The summed E-state index contributed by atoms with van der Waals surface area (Å²) in [7, 11) is -4.34. The van der Waals surface area contributed by atoms with Gasteiger partial charge in [-0.15, -0.1) is 3.89 Å². The van der Waals surface area contributed by atoms with Gasteiger partial charge in [-0.3, -0.25) is 0 Å². The van der Waals surface area contributed by atoms with Crippen molar-refractivity contribution in [3.8, 4) is 0 Å². The summed E-state index contributed by atoms with van der Waals surface area (Å²) in [4.78, 5) is 0. The van der Waals surface area contributed by atoms with Gasteiger partial charge in [-0.1, -0.05) is 0 Å². The Morgan fingerprint density at radius 1 is 1.23 bits per heavy atom. The SMILES string of the molecule is O=S(=O)(F)[C@@H]1C[C@H]2CC[C@H]1[C@H]1O[C@@H]21. The summed E-state index contributed by atoms with van der Waals surface area (Å²) in [5.74, 6) is 0.232. The summed E-state index contributed by atoms with van der Waals surface area (Å²) in [5.41, 5.74) is 0. The van der Waals surface area contributed by atoms with Crippen LogP contribution in [0.25, 0.3) is 0 Å². The standard InChI is InChI=1S/C8H11FO3S/c9-13(10,11)6-3-4-1-2-5(6)8-7(4)12-8/h4-8H,1-3H2/t4-,5-,6-,7+,8-/m1/s1. The zero-order valence-corrected chi connectivity index (χ0v) is 7.84.